The zero-order valence-corrected chi connectivity index (χ0v) is 22.1. The van der Waals surface area contributed by atoms with Crippen molar-refractivity contribution < 1.29 is 23.5 Å². The number of halogens is 1. The minimum absolute atomic E-state index is 0.0663. The van der Waals surface area contributed by atoms with Crippen molar-refractivity contribution in [1.82, 2.24) is 15.1 Å². The molecule has 1 N–H and O–H groups in total. The van der Waals surface area contributed by atoms with E-state index >= 15 is 0 Å². The van der Waals surface area contributed by atoms with Gasteiger partial charge in [0, 0.05) is 37.1 Å². The van der Waals surface area contributed by atoms with E-state index in [0.29, 0.717) is 37.1 Å². The molecule has 3 aromatic carbocycles. The van der Waals surface area contributed by atoms with Crippen molar-refractivity contribution in [2.75, 3.05) is 19.7 Å². The van der Waals surface area contributed by atoms with Crippen molar-refractivity contribution in [3.8, 4) is 0 Å². The molecule has 8 heteroatoms. The highest BCUT2D eigenvalue weighted by atomic mass is 19.1. The molecule has 2 aliphatic heterocycles. The molecule has 1 spiro atoms. The number of benzene rings is 3. The average molecular weight is 530 g/mol. The number of likely N-dealkylation sites (tertiary alicyclic amines) is 1. The van der Waals surface area contributed by atoms with Crippen molar-refractivity contribution in [2.45, 2.75) is 44.5 Å². The monoisotopic (exact) mass is 529 g/mol. The fourth-order valence-corrected chi connectivity index (χ4v) is 5.37. The largest absolute Gasteiger partial charge is 0.353 e. The first-order valence-electron chi connectivity index (χ1n) is 13.2. The number of amides is 3. The first-order chi connectivity index (χ1) is 18.8. The number of carbonyl (C=O) groups is 3. The molecule has 0 radical (unpaired) electrons. The third-order valence-electron chi connectivity index (χ3n) is 7.66. The molecule has 39 heavy (non-hydrogen) atoms. The van der Waals surface area contributed by atoms with Gasteiger partial charge in [0.15, 0.2) is 0 Å². The quantitative estimate of drug-likeness (QED) is 0.529. The van der Waals surface area contributed by atoms with Crippen LogP contribution >= 0.6 is 0 Å². The van der Waals surface area contributed by atoms with Gasteiger partial charge < -0.3 is 15.0 Å². The van der Waals surface area contributed by atoms with Gasteiger partial charge in [0.25, 0.3) is 11.8 Å². The highest BCUT2D eigenvalue weighted by Crippen LogP contribution is 2.39. The Balaban J connectivity index is 1.37. The van der Waals surface area contributed by atoms with E-state index in [1.807, 2.05) is 56.3 Å². The predicted molar refractivity (Wildman–Crippen MR) is 144 cm³/mol. The highest BCUT2D eigenvalue weighted by Gasteiger charge is 2.54. The molecule has 2 atom stereocenters. The van der Waals surface area contributed by atoms with Gasteiger partial charge in [-0.15, -0.1) is 0 Å². The number of hydrogen-bond donors (Lipinski definition) is 1. The molecule has 202 valence electrons. The van der Waals surface area contributed by atoms with Crippen molar-refractivity contribution >= 4 is 17.7 Å². The molecule has 3 aromatic rings. The summed E-state index contributed by atoms with van der Waals surface area (Å²) in [6, 6.07) is 21.3. The van der Waals surface area contributed by atoms with Crippen LogP contribution in [0.15, 0.2) is 78.9 Å². The summed E-state index contributed by atoms with van der Waals surface area (Å²) < 4.78 is 19.6. The smallest absolute Gasteiger partial charge is 0.256 e. The number of hydrogen-bond acceptors (Lipinski definition) is 4. The topological polar surface area (TPSA) is 79.0 Å². The van der Waals surface area contributed by atoms with Gasteiger partial charge in [-0.3, -0.25) is 19.3 Å². The summed E-state index contributed by atoms with van der Waals surface area (Å²) in [7, 11) is 0. The van der Waals surface area contributed by atoms with E-state index in [-0.39, 0.29) is 30.4 Å². The highest BCUT2D eigenvalue weighted by molar-refractivity contribution is 5.99. The summed E-state index contributed by atoms with van der Waals surface area (Å²) in [5.41, 5.74) is 1.85. The second kappa shape index (κ2) is 11.0. The molecule has 2 unspecified atom stereocenters. The SMILES string of the molecule is Cc1ccc(C(=O)N2C(C(=O)NC(C)c3ccccc3)COC23CCN(C(=O)c2ccc(F)cc2)CC3)cc1. The van der Waals surface area contributed by atoms with Gasteiger partial charge in [-0.2, -0.15) is 0 Å². The lowest BCUT2D eigenvalue weighted by Crippen LogP contribution is -2.60. The fraction of sp³-hybridized carbons (Fsp3) is 0.323. The first-order valence-corrected chi connectivity index (χ1v) is 13.2. The number of rotatable bonds is 5. The van der Waals surface area contributed by atoms with Crippen molar-refractivity contribution in [3.05, 3.63) is 107 Å². The predicted octanol–water partition coefficient (Wildman–Crippen LogP) is 4.49. The number of aryl methyl sites for hydroxylation is 1. The molecule has 7 nitrogen and oxygen atoms in total. The average Bonchev–Trinajstić information content (AvgIpc) is 3.32. The Hall–Kier alpha value is -4.04. The standard InChI is InChI=1S/C31H32FN3O4/c1-21-8-10-25(11-9-21)30(38)35-27(28(36)33-22(2)23-6-4-3-5-7-23)20-39-31(35)16-18-34(19-17-31)29(37)24-12-14-26(32)15-13-24/h3-15,22,27H,16-20H2,1-2H3,(H,33,36). The van der Waals surface area contributed by atoms with E-state index in [9.17, 15) is 18.8 Å². The minimum Gasteiger partial charge on any atom is -0.353 e. The summed E-state index contributed by atoms with van der Waals surface area (Å²) in [5.74, 6) is -1.17. The number of ether oxygens (including phenoxy) is 1. The van der Waals surface area contributed by atoms with Crippen LogP contribution in [0.4, 0.5) is 4.39 Å². The van der Waals surface area contributed by atoms with Crippen molar-refractivity contribution in [3.63, 3.8) is 0 Å². The number of piperidine rings is 1. The molecular weight excluding hydrogens is 497 g/mol. The summed E-state index contributed by atoms with van der Waals surface area (Å²) in [6.07, 6.45) is 0.713. The molecule has 2 aliphatic rings. The summed E-state index contributed by atoms with van der Waals surface area (Å²) >= 11 is 0. The third-order valence-corrected chi connectivity index (χ3v) is 7.66. The number of carbonyl (C=O) groups excluding carboxylic acids is 3. The Morgan fingerprint density at radius 1 is 0.897 bits per heavy atom. The molecule has 0 saturated carbocycles. The van der Waals surface area contributed by atoms with Crippen LogP contribution in [0.2, 0.25) is 0 Å². The number of nitrogens with one attached hydrogen (secondary N) is 1. The molecule has 0 bridgehead atoms. The van der Waals surface area contributed by atoms with Crippen LogP contribution in [-0.4, -0.2) is 59.0 Å². The maximum Gasteiger partial charge on any atom is 0.256 e. The van der Waals surface area contributed by atoms with E-state index in [2.05, 4.69) is 5.32 Å². The summed E-state index contributed by atoms with van der Waals surface area (Å²) in [4.78, 5) is 43.8. The normalized spacial score (nSPS) is 19.1. The third kappa shape index (κ3) is 5.43. The molecule has 0 aliphatic carbocycles. The molecule has 5 rings (SSSR count). The maximum atomic E-state index is 13.9. The Kier molecular flexibility index (Phi) is 7.48. The van der Waals surface area contributed by atoms with Gasteiger partial charge in [0.05, 0.1) is 12.6 Å². The molecule has 3 amide bonds. The van der Waals surface area contributed by atoms with Gasteiger partial charge in [-0.1, -0.05) is 48.0 Å². The molecule has 2 heterocycles. The first kappa shape index (κ1) is 26.6. The van der Waals surface area contributed by atoms with Crippen molar-refractivity contribution in [1.29, 1.82) is 0 Å². The van der Waals surface area contributed by atoms with Gasteiger partial charge in [-0.05, 0) is 55.8 Å². The van der Waals surface area contributed by atoms with Gasteiger partial charge in [0.2, 0.25) is 5.91 Å². The summed E-state index contributed by atoms with van der Waals surface area (Å²) in [6.45, 7) is 4.59. The van der Waals surface area contributed by atoms with Gasteiger partial charge >= 0.3 is 0 Å². The van der Waals surface area contributed by atoms with E-state index in [1.54, 1.807) is 21.9 Å². The maximum absolute atomic E-state index is 13.9. The van der Waals surface area contributed by atoms with E-state index in [1.165, 1.54) is 24.3 Å². The molecular formula is C31H32FN3O4. The van der Waals surface area contributed by atoms with E-state index in [4.69, 9.17) is 4.74 Å². The van der Waals surface area contributed by atoms with Crippen LogP contribution in [0.3, 0.4) is 0 Å². The lowest BCUT2D eigenvalue weighted by molar-refractivity contribution is -0.128. The number of nitrogens with zero attached hydrogens (tertiary/aromatic N) is 2. The Morgan fingerprint density at radius 2 is 1.49 bits per heavy atom. The zero-order valence-electron chi connectivity index (χ0n) is 22.1. The zero-order chi connectivity index (χ0) is 27.6. The fourth-order valence-electron chi connectivity index (χ4n) is 5.37. The Bertz CT molecular complexity index is 1340. The second-order valence-electron chi connectivity index (χ2n) is 10.3. The lowest BCUT2D eigenvalue weighted by Gasteiger charge is -2.44. The van der Waals surface area contributed by atoms with Crippen LogP contribution in [0.5, 0.6) is 0 Å². The van der Waals surface area contributed by atoms with Crippen LogP contribution in [0, 0.1) is 12.7 Å². The van der Waals surface area contributed by atoms with Crippen LogP contribution < -0.4 is 5.32 Å². The minimum atomic E-state index is -1.01. The lowest BCUT2D eigenvalue weighted by atomic mass is 9.95. The van der Waals surface area contributed by atoms with Crippen LogP contribution in [0.1, 0.15) is 57.7 Å². The Labute approximate surface area is 227 Å². The van der Waals surface area contributed by atoms with E-state index in [0.717, 1.165) is 11.1 Å². The molecule has 0 aromatic heterocycles. The second-order valence-corrected chi connectivity index (χ2v) is 10.3. The summed E-state index contributed by atoms with van der Waals surface area (Å²) in [5, 5.41) is 3.05. The van der Waals surface area contributed by atoms with Crippen molar-refractivity contribution in [2.24, 2.45) is 0 Å². The molecule has 2 saturated heterocycles. The van der Waals surface area contributed by atoms with Gasteiger partial charge in [0.1, 0.15) is 17.6 Å². The van der Waals surface area contributed by atoms with E-state index < -0.39 is 17.6 Å². The van der Waals surface area contributed by atoms with Crippen LogP contribution in [0.25, 0.3) is 0 Å². The molecule has 2 fully saturated rings. The van der Waals surface area contributed by atoms with Crippen LogP contribution in [-0.2, 0) is 9.53 Å². The van der Waals surface area contributed by atoms with Gasteiger partial charge in [-0.25, -0.2) is 4.39 Å². The Morgan fingerprint density at radius 3 is 2.13 bits per heavy atom.